The van der Waals surface area contributed by atoms with Crippen LogP contribution in [0.4, 0.5) is 11.4 Å². The molecule has 3 rings (SSSR count). The van der Waals surface area contributed by atoms with Gasteiger partial charge in [-0.25, -0.2) is 4.68 Å². The van der Waals surface area contributed by atoms with E-state index in [0.29, 0.717) is 6.54 Å². The number of nitrogens with one attached hydrogen (secondary N) is 1. The number of aromatic nitrogens is 2. The molecule has 0 unspecified atom stereocenters. The second-order valence-corrected chi connectivity index (χ2v) is 6.90. The molecule has 2 heterocycles. The molecule has 2 aromatic rings. The number of rotatable bonds is 5. The van der Waals surface area contributed by atoms with E-state index in [1.165, 1.54) is 4.68 Å². The zero-order valence-corrected chi connectivity index (χ0v) is 15.4. The molecule has 1 aliphatic rings. The van der Waals surface area contributed by atoms with E-state index in [1.54, 1.807) is 12.3 Å². The summed E-state index contributed by atoms with van der Waals surface area (Å²) in [4.78, 5) is 26.7. The Morgan fingerprint density at radius 2 is 2.04 bits per heavy atom. The molecule has 1 amide bonds. The van der Waals surface area contributed by atoms with Crippen molar-refractivity contribution in [1.29, 1.82) is 0 Å². The third-order valence-electron chi connectivity index (χ3n) is 4.81. The second-order valence-electron chi connectivity index (χ2n) is 6.90. The van der Waals surface area contributed by atoms with E-state index in [-0.39, 0.29) is 17.4 Å². The highest BCUT2D eigenvalue weighted by Crippen LogP contribution is 2.23. The Bertz CT molecular complexity index is 823. The fourth-order valence-corrected chi connectivity index (χ4v) is 3.34. The van der Waals surface area contributed by atoms with E-state index < -0.39 is 0 Å². The number of carbonyl (C=O) groups excluding carboxylic acids is 1. The highest BCUT2D eigenvalue weighted by Gasteiger charge is 2.25. The Morgan fingerprint density at radius 3 is 2.69 bits per heavy atom. The molecule has 1 aliphatic heterocycles. The number of hydrogen-bond donors (Lipinski definition) is 1. The van der Waals surface area contributed by atoms with Crippen molar-refractivity contribution in [3.8, 4) is 0 Å². The molecular weight excluding hydrogens is 328 g/mol. The third kappa shape index (κ3) is 4.31. The molecule has 1 fully saturated rings. The van der Waals surface area contributed by atoms with Crippen LogP contribution in [0.5, 0.6) is 0 Å². The van der Waals surface area contributed by atoms with Gasteiger partial charge < -0.3 is 10.2 Å². The lowest BCUT2D eigenvalue weighted by atomic mass is 9.95. The van der Waals surface area contributed by atoms with Crippen LogP contribution in [0, 0.1) is 12.8 Å². The SMILES string of the molecule is CCCn1ncc(N2CCC(C(=O)Nc3cccc(C)c3)CC2)cc1=O. The average Bonchev–Trinajstić information content (AvgIpc) is 2.64. The molecule has 0 spiro atoms. The molecule has 6 nitrogen and oxygen atoms in total. The summed E-state index contributed by atoms with van der Waals surface area (Å²) in [6, 6.07) is 9.49. The van der Waals surface area contributed by atoms with E-state index >= 15 is 0 Å². The summed E-state index contributed by atoms with van der Waals surface area (Å²) in [5.74, 6) is 0.0759. The maximum Gasteiger partial charge on any atom is 0.268 e. The Hall–Kier alpha value is -2.63. The van der Waals surface area contributed by atoms with Crippen LogP contribution in [0.25, 0.3) is 0 Å². The standard InChI is InChI=1S/C20H26N4O2/c1-3-9-24-19(25)13-18(14-21-24)23-10-7-16(8-11-23)20(26)22-17-6-4-5-15(2)12-17/h4-6,12-14,16H,3,7-11H2,1-2H3,(H,22,26). The van der Waals surface area contributed by atoms with Crippen molar-refractivity contribution in [1.82, 2.24) is 9.78 Å². The van der Waals surface area contributed by atoms with Crippen LogP contribution in [-0.2, 0) is 11.3 Å². The quantitative estimate of drug-likeness (QED) is 0.897. The molecule has 0 atom stereocenters. The van der Waals surface area contributed by atoms with Gasteiger partial charge in [0.05, 0.1) is 11.9 Å². The smallest absolute Gasteiger partial charge is 0.268 e. The maximum absolute atomic E-state index is 12.5. The highest BCUT2D eigenvalue weighted by atomic mass is 16.2. The Labute approximate surface area is 153 Å². The molecule has 6 heteroatoms. The predicted molar refractivity (Wildman–Crippen MR) is 104 cm³/mol. The lowest BCUT2D eigenvalue weighted by Gasteiger charge is -2.32. The maximum atomic E-state index is 12.5. The number of nitrogens with zero attached hydrogens (tertiary/aromatic N) is 3. The molecule has 1 aromatic carbocycles. The summed E-state index contributed by atoms with van der Waals surface area (Å²) in [6.07, 6.45) is 4.18. The van der Waals surface area contributed by atoms with E-state index in [4.69, 9.17) is 0 Å². The van der Waals surface area contributed by atoms with Gasteiger partial charge in [0.15, 0.2) is 0 Å². The highest BCUT2D eigenvalue weighted by molar-refractivity contribution is 5.92. The number of hydrogen-bond acceptors (Lipinski definition) is 4. The summed E-state index contributed by atoms with van der Waals surface area (Å²) >= 11 is 0. The minimum Gasteiger partial charge on any atom is -0.370 e. The molecular formula is C20H26N4O2. The largest absolute Gasteiger partial charge is 0.370 e. The number of aryl methyl sites for hydroxylation is 2. The molecule has 138 valence electrons. The molecule has 0 saturated carbocycles. The van der Waals surface area contributed by atoms with Crippen molar-refractivity contribution >= 4 is 17.3 Å². The van der Waals surface area contributed by atoms with E-state index in [0.717, 1.165) is 49.3 Å². The third-order valence-corrected chi connectivity index (χ3v) is 4.81. The second kappa shape index (κ2) is 8.17. The van der Waals surface area contributed by atoms with Gasteiger partial charge in [-0.05, 0) is 43.9 Å². The van der Waals surface area contributed by atoms with Gasteiger partial charge in [-0.3, -0.25) is 9.59 Å². The summed E-state index contributed by atoms with van der Waals surface area (Å²) in [5.41, 5.74) is 2.76. The minimum atomic E-state index is -0.0661. The molecule has 1 aromatic heterocycles. The molecule has 1 saturated heterocycles. The first-order valence-electron chi connectivity index (χ1n) is 9.26. The first-order chi connectivity index (χ1) is 12.6. The lowest BCUT2D eigenvalue weighted by Crippen LogP contribution is -2.39. The van der Waals surface area contributed by atoms with Crippen molar-refractivity contribution in [2.24, 2.45) is 5.92 Å². The lowest BCUT2D eigenvalue weighted by molar-refractivity contribution is -0.120. The van der Waals surface area contributed by atoms with Gasteiger partial charge in [-0.15, -0.1) is 0 Å². The van der Waals surface area contributed by atoms with Gasteiger partial charge >= 0.3 is 0 Å². The van der Waals surface area contributed by atoms with Crippen molar-refractivity contribution < 1.29 is 4.79 Å². The monoisotopic (exact) mass is 354 g/mol. The zero-order chi connectivity index (χ0) is 18.5. The molecule has 0 aliphatic carbocycles. The summed E-state index contributed by atoms with van der Waals surface area (Å²) in [5, 5.41) is 7.26. The van der Waals surface area contributed by atoms with Crippen LogP contribution < -0.4 is 15.8 Å². The first kappa shape index (κ1) is 18.2. The van der Waals surface area contributed by atoms with Crippen LogP contribution in [0.3, 0.4) is 0 Å². The van der Waals surface area contributed by atoms with Crippen molar-refractivity contribution in [3.63, 3.8) is 0 Å². The average molecular weight is 354 g/mol. The van der Waals surface area contributed by atoms with Crippen molar-refractivity contribution in [2.75, 3.05) is 23.3 Å². The summed E-state index contributed by atoms with van der Waals surface area (Å²) in [7, 11) is 0. The van der Waals surface area contributed by atoms with E-state index in [2.05, 4.69) is 15.3 Å². The number of amides is 1. The van der Waals surface area contributed by atoms with E-state index in [1.807, 2.05) is 38.1 Å². The van der Waals surface area contributed by atoms with E-state index in [9.17, 15) is 9.59 Å². The van der Waals surface area contributed by atoms with Crippen molar-refractivity contribution in [2.45, 2.75) is 39.7 Å². The minimum absolute atomic E-state index is 0.000169. The van der Waals surface area contributed by atoms with Gasteiger partial charge in [-0.2, -0.15) is 5.10 Å². The van der Waals surface area contributed by atoms with Gasteiger partial charge in [0.1, 0.15) is 0 Å². The number of piperidine rings is 1. The first-order valence-corrected chi connectivity index (χ1v) is 9.26. The molecule has 0 radical (unpaired) electrons. The van der Waals surface area contributed by atoms with Crippen LogP contribution in [0.2, 0.25) is 0 Å². The Kier molecular flexibility index (Phi) is 5.71. The number of benzene rings is 1. The fourth-order valence-electron chi connectivity index (χ4n) is 3.34. The van der Waals surface area contributed by atoms with Gasteiger partial charge in [0.25, 0.3) is 5.56 Å². The van der Waals surface area contributed by atoms with Gasteiger partial charge in [0, 0.05) is 37.3 Å². The number of carbonyl (C=O) groups is 1. The predicted octanol–water partition coefficient (Wildman–Crippen LogP) is 2.82. The Morgan fingerprint density at radius 1 is 1.27 bits per heavy atom. The van der Waals surface area contributed by atoms with Crippen LogP contribution in [0.1, 0.15) is 31.7 Å². The normalized spacial score (nSPS) is 15.1. The summed E-state index contributed by atoms with van der Waals surface area (Å²) < 4.78 is 1.49. The molecule has 0 bridgehead atoms. The van der Waals surface area contributed by atoms with Gasteiger partial charge in [-0.1, -0.05) is 19.1 Å². The van der Waals surface area contributed by atoms with Crippen LogP contribution in [0.15, 0.2) is 41.3 Å². The molecule has 26 heavy (non-hydrogen) atoms. The zero-order valence-electron chi connectivity index (χ0n) is 15.4. The summed E-state index contributed by atoms with van der Waals surface area (Å²) in [6.45, 7) is 6.18. The van der Waals surface area contributed by atoms with Gasteiger partial charge in [0.2, 0.25) is 5.91 Å². The van der Waals surface area contributed by atoms with Crippen LogP contribution >= 0.6 is 0 Å². The van der Waals surface area contributed by atoms with Crippen molar-refractivity contribution in [3.05, 3.63) is 52.4 Å². The molecule has 1 N–H and O–H groups in total. The number of anilines is 2. The Balaban J connectivity index is 1.58. The fraction of sp³-hybridized carbons (Fsp3) is 0.450. The van der Waals surface area contributed by atoms with Crippen LogP contribution in [-0.4, -0.2) is 28.8 Å². The topological polar surface area (TPSA) is 67.2 Å².